The van der Waals surface area contributed by atoms with Gasteiger partial charge in [-0.25, -0.2) is 0 Å². The van der Waals surface area contributed by atoms with E-state index in [1.54, 1.807) is 4.90 Å². The van der Waals surface area contributed by atoms with E-state index in [0.29, 0.717) is 13.0 Å². The van der Waals surface area contributed by atoms with E-state index in [9.17, 15) is 4.79 Å². The Kier molecular flexibility index (Phi) is 5.17. The summed E-state index contributed by atoms with van der Waals surface area (Å²) in [7, 11) is 0. The van der Waals surface area contributed by atoms with Crippen LogP contribution in [0.1, 0.15) is 20.3 Å². The Morgan fingerprint density at radius 1 is 1.39 bits per heavy atom. The summed E-state index contributed by atoms with van der Waals surface area (Å²) < 4.78 is 0. The Balaban J connectivity index is 2.86. The van der Waals surface area contributed by atoms with Gasteiger partial charge in [-0.1, -0.05) is 37.2 Å². The lowest BCUT2D eigenvalue weighted by Gasteiger charge is -2.24. The summed E-state index contributed by atoms with van der Waals surface area (Å²) in [5.41, 5.74) is 6.26. The molecule has 0 aliphatic heterocycles. The first-order chi connectivity index (χ1) is 8.56. The molecule has 1 aromatic carbocycles. The molecule has 0 unspecified atom stereocenters. The number of oxime groups is 1. The Labute approximate surface area is 107 Å². The van der Waals surface area contributed by atoms with Crippen LogP contribution in [0.3, 0.4) is 0 Å². The van der Waals surface area contributed by atoms with Gasteiger partial charge in [-0.2, -0.15) is 0 Å². The minimum atomic E-state index is -0.0995. The smallest absolute Gasteiger partial charge is 0.229 e. The molecule has 5 nitrogen and oxygen atoms in total. The van der Waals surface area contributed by atoms with Crippen LogP contribution in [0.2, 0.25) is 0 Å². The van der Waals surface area contributed by atoms with E-state index in [4.69, 9.17) is 10.9 Å². The van der Waals surface area contributed by atoms with Crippen molar-refractivity contribution in [2.45, 2.75) is 20.3 Å². The van der Waals surface area contributed by atoms with Crippen molar-refractivity contribution in [1.82, 2.24) is 0 Å². The number of hydrogen-bond acceptors (Lipinski definition) is 3. The summed E-state index contributed by atoms with van der Waals surface area (Å²) in [6, 6.07) is 9.38. The number of carbonyl (C=O) groups excluding carboxylic acids is 1. The molecule has 0 spiro atoms. The van der Waals surface area contributed by atoms with Crippen molar-refractivity contribution in [3.63, 3.8) is 0 Å². The molecule has 1 aromatic rings. The van der Waals surface area contributed by atoms with Gasteiger partial charge in [-0.3, -0.25) is 4.79 Å². The zero-order valence-corrected chi connectivity index (χ0v) is 10.7. The minimum Gasteiger partial charge on any atom is -0.409 e. The molecule has 0 atom stereocenters. The fourth-order valence-corrected chi connectivity index (χ4v) is 1.56. The lowest BCUT2D eigenvalue weighted by atomic mass is 10.1. The standard InChI is InChI=1S/C13H19N3O2/c1-10(2)13(17)16(9-8-12(14)15-18)11-6-4-3-5-7-11/h3-7,10,18H,8-9H2,1-2H3,(H2,14,15). The molecule has 0 aromatic heterocycles. The largest absolute Gasteiger partial charge is 0.409 e. The monoisotopic (exact) mass is 249 g/mol. The second-order valence-electron chi connectivity index (χ2n) is 4.32. The number of para-hydroxylation sites is 1. The maximum Gasteiger partial charge on any atom is 0.229 e. The van der Waals surface area contributed by atoms with Crippen molar-refractivity contribution in [1.29, 1.82) is 0 Å². The number of benzene rings is 1. The van der Waals surface area contributed by atoms with Gasteiger partial charge in [-0.15, -0.1) is 0 Å². The van der Waals surface area contributed by atoms with Gasteiger partial charge in [0.2, 0.25) is 5.91 Å². The average Bonchev–Trinajstić information content (AvgIpc) is 2.39. The molecule has 18 heavy (non-hydrogen) atoms. The molecule has 0 saturated heterocycles. The summed E-state index contributed by atoms with van der Waals surface area (Å²) in [6.45, 7) is 4.10. The molecule has 3 N–H and O–H groups in total. The van der Waals surface area contributed by atoms with Crippen LogP contribution in [0.25, 0.3) is 0 Å². The summed E-state index contributed by atoms with van der Waals surface area (Å²) >= 11 is 0. The second-order valence-corrected chi connectivity index (χ2v) is 4.32. The third-order valence-corrected chi connectivity index (χ3v) is 2.55. The molecule has 0 fully saturated rings. The number of nitrogens with zero attached hydrogens (tertiary/aromatic N) is 2. The molecule has 1 amide bonds. The summed E-state index contributed by atoms with van der Waals surface area (Å²) in [5, 5.41) is 11.4. The van der Waals surface area contributed by atoms with Gasteiger partial charge in [0, 0.05) is 24.6 Å². The van der Waals surface area contributed by atoms with E-state index in [0.717, 1.165) is 5.69 Å². The molecular formula is C13H19N3O2. The number of hydrogen-bond donors (Lipinski definition) is 2. The summed E-state index contributed by atoms with van der Waals surface area (Å²) in [5.74, 6) is 0.0388. The Morgan fingerprint density at radius 2 is 2.00 bits per heavy atom. The van der Waals surface area contributed by atoms with Crippen molar-refractivity contribution in [2.24, 2.45) is 16.8 Å². The first-order valence-electron chi connectivity index (χ1n) is 5.89. The number of amides is 1. The second kappa shape index (κ2) is 6.64. The van der Waals surface area contributed by atoms with Crippen LogP contribution < -0.4 is 10.6 Å². The van der Waals surface area contributed by atoms with Gasteiger partial charge in [0.25, 0.3) is 0 Å². The maximum absolute atomic E-state index is 12.1. The fraction of sp³-hybridized carbons (Fsp3) is 0.385. The molecule has 5 heteroatoms. The quantitative estimate of drug-likeness (QED) is 0.361. The molecule has 0 aliphatic carbocycles. The van der Waals surface area contributed by atoms with Crippen molar-refractivity contribution >= 4 is 17.4 Å². The number of anilines is 1. The molecule has 0 aliphatic rings. The Bertz CT molecular complexity index is 416. The molecule has 0 heterocycles. The summed E-state index contributed by atoms with van der Waals surface area (Å²) in [4.78, 5) is 13.8. The van der Waals surface area contributed by atoms with Gasteiger partial charge in [-0.05, 0) is 12.1 Å². The van der Waals surface area contributed by atoms with Crippen LogP contribution in [0.5, 0.6) is 0 Å². The third kappa shape index (κ3) is 3.76. The van der Waals surface area contributed by atoms with Gasteiger partial charge >= 0.3 is 0 Å². The number of amidine groups is 1. The van der Waals surface area contributed by atoms with E-state index < -0.39 is 0 Å². The average molecular weight is 249 g/mol. The minimum absolute atomic E-state index is 0.0203. The first kappa shape index (κ1) is 14.0. The lowest BCUT2D eigenvalue weighted by Crippen LogP contribution is -2.36. The van der Waals surface area contributed by atoms with Crippen LogP contribution in [-0.2, 0) is 4.79 Å². The van der Waals surface area contributed by atoms with Crippen LogP contribution in [-0.4, -0.2) is 23.5 Å². The SMILES string of the molecule is CC(C)C(=O)N(CC/C(N)=N/O)c1ccccc1. The normalized spacial score (nSPS) is 11.6. The number of rotatable bonds is 5. The zero-order valence-electron chi connectivity index (χ0n) is 10.7. The highest BCUT2D eigenvalue weighted by atomic mass is 16.4. The molecule has 0 saturated carbocycles. The fourth-order valence-electron chi connectivity index (χ4n) is 1.56. The van der Waals surface area contributed by atoms with Crippen LogP contribution in [0, 0.1) is 5.92 Å². The first-order valence-corrected chi connectivity index (χ1v) is 5.89. The highest BCUT2D eigenvalue weighted by Gasteiger charge is 2.18. The van der Waals surface area contributed by atoms with E-state index in [-0.39, 0.29) is 17.7 Å². The Morgan fingerprint density at radius 3 is 2.50 bits per heavy atom. The highest BCUT2D eigenvalue weighted by molar-refractivity contribution is 5.95. The van der Waals surface area contributed by atoms with Crippen molar-refractivity contribution in [3.05, 3.63) is 30.3 Å². The van der Waals surface area contributed by atoms with Crippen molar-refractivity contribution in [3.8, 4) is 0 Å². The van der Waals surface area contributed by atoms with Gasteiger partial charge < -0.3 is 15.8 Å². The number of nitrogens with two attached hydrogens (primary N) is 1. The molecule has 0 bridgehead atoms. The predicted octanol–water partition coefficient (Wildman–Crippen LogP) is 1.81. The van der Waals surface area contributed by atoms with Gasteiger partial charge in [0.1, 0.15) is 5.84 Å². The van der Waals surface area contributed by atoms with Crippen molar-refractivity contribution < 1.29 is 10.0 Å². The topological polar surface area (TPSA) is 78.9 Å². The molecule has 0 radical (unpaired) electrons. The summed E-state index contributed by atoms with van der Waals surface area (Å²) in [6.07, 6.45) is 0.337. The zero-order chi connectivity index (χ0) is 13.5. The van der Waals surface area contributed by atoms with E-state index in [1.807, 2.05) is 44.2 Å². The van der Waals surface area contributed by atoms with E-state index in [1.165, 1.54) is 0 Å². The van der Waals surface area contributed by atoms with Gasteiger partial charge in [0.05, 0.1) is 0 Å². The van der Waals surface area contributed by atoms with Crippen LogP contribution >= 0.6 is 0 Å². The Hall–Kier alpha value is -2.04. The highest BCUT2D eigenvalue weighted by Crippen LogP contribution is 2.16. The lowest BCUT2D eigenvalue weighted by molar-refractivity contribution is -0.121. The molecular weight excluding hydrogens is 230 g/mol. The number of carbonyl (C=O) groups is 1. The van der Waals surface area contributed by atoms with Gasteiger partial charge in [0.15, 0.2) is 0 Å². The maximum atomic E-state index is 12.1. The van der Waals surface area contributed by atoms with E-state index in [2.05, 4.69) is 5.16 Å². The van der Waals surface area contributed by atoms with Crippen LogP contribution in [0.4, 0.5) is 5.69 Å². The third-order valence-electron chi connectivity index (χ3n) is 2.55. The van der Waals surface area contributed by atoms with Crippen molar-refractivity contribution in [2.75, 3.05) is 11.4 Å². The molecule has 98 valence electrons. The molecule has 1 rings (SSSR count). The van der Waals surface area contributed by atoms with Crippen LogP contribution in [0.15, 0.2) is 35.5 Å². The van der Waals surface area contributed by atoms with E-state index >= 15 is 0 Å². The predicted molar refractivity (Wildman–Crippen MR) is 71.7 cm³/mol.